The van der Waals surface area contributed by atoms with Crippen molar-refractivity contribution in [1.29, 1.82) is 0 Å². The molecule has 2 aliphatic heterocycles. The van der Waals surface area contributed by atoms with Crippen LogP contribution in [0.4, 0.5) is 17.6 Å². The molecule has 0 amide bonds. The van der Waals surface area contributed by atoms with E-state index >= 15 is 0 Å². The molecule has 1 saturated heterocycles. The topological polar surface area (TPSA) is 46.5 Å². The lowest BCUT2D eigenvalue weighted by Crippen LogP contribution is -3.00. The summed E-state index contributed by atoms with van der Waals surface area (Å²) in [4.78, 5) is 13.2. The molecule has 4 rings (SSSR count). The predicted molar refractivity (Wildman–Crippen MR) is 110 cm³/mol. The first-order valence-corrected chi connectivity index (χ1v) is 9.89. The predicted octanol–water partition coefficient (Wildman–Crippen LogP) is 1.21. The van der Waals surface area contributed by atoms with Crippen LogP contribution < -0.4 is 17.0 Å². The molecule has 2 aliphatic rings. The fraction of sp³-hybridized carbons (Fsp3) is 0.375. The zero-order chi connectivity index (χ0) is 22.6. The summed E-state index contributed by atoms with van der Waals surface area (Å²) in [6, 6.07) is 4.50. The number of carbonyl (C=O) groups is 1. The fourth-order valence-corrected chi connectivity index (χ4v) is 4.55. The van der Waals surface area contributed by atoms with Gasteiger partial charge >= 0.3 is 5.97 Å². The van der Waals surface area contributed by atoms with Crippen molar-refractivity contribution in [1.82, 2.24) is 0 Å². The van der Waals surface area contributed by atoms with E-state index in [0.29, 0.717) is 29.5 Å². The van der Waals surface area contributed by atoms with Gasteiger partial charge in [0.05, 0.1) is 14.1 Å². The van der Waals surface area contributed by atoms with E-state index in [0.717, 1.165) is 24.3 Å². The summed E-state index contributed by atoms with van der Waals surface area (Å²) in [7, 11) is 4.12. The van der Waals surface area contributed by atoms with Crippen LogP contribution in [0.3, 0.4) is 0 Å². The van der Waals surface area contributed by atoms with Crippen LogP contribution in [0.5, 0.6) is 0 Å². The molecule has 1 N–H and O–H groups in total. The third-order valence-corrected chi connectivity index (χ3v) is 6.48. The largest absolute Gasteiger partial charge is 1.00 e. The maximum Gasteiger partial charge on any atom is 0.348 e. The summed E-state index contributed by atoms with van der Waals surface area (Å²) >= 11 is 0. The number of esters is 1. The first-order chi connectivity index (χ1) is 14.5. The lowest BCUT2D eigenvalue weighted by atomic mass is 9.85. The van der Waals surface area contributed by atoms with E-state index in [-0.39, 0.29) is 36.5 Å². The van der Waals surface area contributed by atoms with Crippen molar-refractivity contribution in [2.45, 2.75) is 44.1 Å². The summed E-state index contributed by atoms with van der Waals surface area (Å²) in [6.45, 7) is 0. The van der Waals surface area contributed by atoms with Crippen LogP contribution >= 0.6 is 0 Å². The number of quaternary nitrogens is 1. The molecular formula is C24H26BrF4NO3. The molecular weight excluding hydrogens is 506 g/mol. The molecule has 2 aromatic carbocycles. The third kappa shape index (κ3) is 4.58. The van der Waals surface area contributed by atoms with E-state index in [1.165, 1.54) is 0 Å². The van der Waals surface area contributed by atoms with E-state index < -0.39 is 52.1 Å². The molecule has 1 fully saturated rings. The van der Waals surface area contributed by atoms with Gasteiger partial charge in [0, 0.05) is 36.1 Å². The highest BCUT2D eigenvalue weighted by Gasteiger charge is 2.50. The van der Waals surface area contributed by atoms with Gasteiger partial charge < -0.3 is 31.3 Å². The van der Waals surface area contributed by atoms with Crippen molar-refractivity contribution in [2.75, 3.05) is 14.1 Å². The zero-order valence-corrected chi connectivity index (χ0v) is 19.0. The van der Waals surface area contributed by atoms with Gasteiger partial charge in [-0.15, -0.1) is 0 Å². The number of halogens is 5. The maximum absolute atomic E-state index is 14.6. The molecule has 2 heterocycles. The average molecular weight is 532 g/mol. The highest BCUT2D eigenvalue weighted by molar-refractivity contribution is 5.85. The van der Waals surface area contributed by atoms with E-state index in [9.17, 15) is 27.5 Å². The minimum atomic E-state index is -2.93. The first-order valence-electron chi connectivity index (χ1n) is 9.89. The molecule has 0 aliphatic carbocycles. The van der Waals surface area contributed by atoms with Crippen LogP contribution in [0, 0.1) is 23.3 Å². The number of benzene rings is 2. The molecule has 0 saturated carbocycles. The number of ether oxygens (including phenoxy) is 1. The van der Waals surface area contributed by atoms with Crippen LogP contribution in [0.2, 0.25) is 0 Å². The van der Waals surface area contributed by atoms with Crippen LogP contribution in [-0.4, -0.2) is 47.8 Å². The second-order valence-corrected chi connectivity index (χ2v) is 8.61. The summed E-state index contributed by atoms with van der Waals surface area (Å²) < 4.78 is 62.3. The van der Waals surface area contributed by atoms with Gasteiger partial charge in [0.1, 0.15) is 41.5 Å². The van der Waals surface area contributed by atoms with Crippen molar-refractivity contribution in [3.8, 4) is 0 Å². The minimum Gasteiger partial charge on any atom is -1.00 e. The number of aliphatic hydroxyl groups is 1. The van der Waals surface area contributed by atoms with Gasteiger partial charge in [-0.1, -0.05) is 7.43 Å². The fourth-order valence-electron chi connectivity index (χ4n) is 4.55. The Bertz CT molecular complexity index is 1010. The zero-order valence-electron chi connectivity index (χ0n) is 17.4. The van der Waals surface area contributed by atoms with Crippen LogP contribution in [0.1, 0.15) is 31.4 Å². The smallest absolute Gasteiger partial charge is 0.348 e. The molecule has 2 unspecified atom stereocenters. The van der Waals surface area contributed by atoms with Gasteiger partial charge in [-0.05, 0) is 36.4 Å². The summed E-state index contributed by atoms with van der Waals surface area (Å²) in [6.07, 6.45) is 4.44. The van der Waals surface area contributed by atoms with Crippen molar-refractivity contribution in [3.63, 3.8) is 0 Å². The Morgan fingerprint density at radius 1 is 0.939 bits per heavy atom. The van der Waals surface area contributed by atoms with Gasteiger partial charge in [0.25, 0.3) is 0 Å². The molecule has 9 heteroatoms. The highest BCUT2D eigenvalue weighted by Crippen LogP contribution is 2.39. The number of hydrogen-bond acceptors (Lipinski definition) is 3. The Hall–Kier alpha value is -2.23. The van der Waals surface area contributed by atoms with Crippen molar-refractivity contribution >= 4 is 5.97 Å². The molecule has 180 valence electrons. The third-order valence-electron chi connectivity index (χ3n) is 6.48. The second-order valence-electron chi connectivity index (χ2n) is 8.61. The standard InChI is InChI=1S/C23H22F4NO3.CH4.BrH/c1-28(2)15-5-6-16(28)12-17(11-15)31-22(29)23(30,18-7-3-13(24)9-20(18)26)19-8-4-14(25)10-21(19)27;;/h3-10,15-17,30H,11-12H2,1-2H3;1H4;1H/q+1;;/p-1/t15-,16?,17?;;/m1../s1. The Morgan fingerprint density at radius 2 is 1.36 bits per heavy atom. The number of likely N-dealkylation sites (N-methyl/N-ethyl adjacent to an activating group) is 1. The minimum absolute atomic E-state index is 0. The quantitative estimate of drug-likeness (QED) is 0.279. The molecule has 2 aromatic rings. The number of carbonyl (C=O) groups excluding carboxylic acids is 1. The van der Waals surface area contributed by atoms with E-state index in [1.807, 2.05) is 12.2 Å². The van der Waals surface area contributed by atoms with Gasteiger partial charge in [-0.3, -0.25) is 0 Å². The molecule has 33 heavy (non-hydrogen) atoms. The monoisotopic (exact) mass is 531 g/mol. The second kappa shape index (κ2) is 9.56. The summed E-state index contributed by atoms with van der Waals surface area (Å²) in [5, 5.41) is 11.3. The SMILES string of the molecule is C.C[N+]1(C)C2C=C[C@@H]1CC(OC(=O)C(O)(c1ccc(F)cc1F)c1ccc(F)cc1F)C2.[Br-]. The molecule has 0 spiro atoms. The molecule has 3 atom stereocenters. The lowest BCUT2D eigenvalue weighted by molar-refractivity contribution is -0.926. The van der Waals surface area contributed by atoms with E-state index in [1.54, 1.807) is 0 Å². The summed E-state index contributed by atoms with van der Waals surface area (Å²) in [5.74, 6) is -5.70. The molecule has 0 radical (unpaired) electrons. The number of rotatable bonds is 4. The first kappa shape index (κ1) is 27.0. The van der Waals surface area contributed by atoms with Crippen molar-refractivity contribution < 1.29 is 53.7 Å². The molecule has 0 aromatic heterocycles. The van der Waals surface area contributed by atoms with Crippen LogP contribution in [0.15, 0.2) is 48.6 Å². The molecule has 4 nitrogen and oxygen atoms in total. The normalized spacial score (nSPS) is 22.8. The highest BCUT2D eigenvalue weighted by atomic mass is 79.9. The average Bonchev–Trinajstić information content (AvgIpc) is 2.84. The maximum atomic E-state index is 14.6. The van der Waals surface area contributed by atoms with Gasteiger partial charge in [0.15, 0.2) is 0 Å². The van der Waals surface area contributed by atoms with Gasteiger partial charge in [-0.25, -0.2) is 22.4 Å². The van der Waals surface area contributed by atoms with Gasteiger partial charge in [-0.2, -0.15) is 0 Å². The van der Waals surface area contributed by atoms with Crippen molar-refractivity contribution in [3.05, 3.63) is 82.9 Å². The number of fused-ring (bicyclic) bond motifs is 2. The lowest BCUT2D eigenvalue weighted by Gasteiger charge is -2.44. The number of hydrogen-bond donors (Lipinski definition) is 1. The van der Waals surface area contributed by atoms with E-state index in [4.69, 9.17) is 4.74 Å². The van der Waals surface area contributed by atoms with Crippen LogP contribution in [-0.2, 0) is 15.1 Å². The Balaban J connectivity index is 0.00000193. The van der Waals surface area contributed by atoms with Gasteiger partial charge in [0.2, 0.25) is 5.60 Å². The number of nitrogens with zero attached hydrogens (tertiary/aromatic N) is 1. The van der Waals surface area contributed by atoms with Crippen LogP contribution in [0.25, 0.3) is 0 Å². The Labute approximate surface area is 200 Å². The van der Waals surface area contributed by atoms with E-state index in [2.05, 4.69) is 14.1 Å². The molecule has 2 bridgehead atoms. The summed E-state index contributed by atoms with van der Waals surface area (Å²) in [5.41, 5.74) is -4.29. The Kier molecular flexibility index (Phi) is 7.83. The number of piperidine rings is 1. The Morgan fingerprint density at radius 3 is 1.76 bits per heavy atom. The van der Waals surface area contributed by atoms with Crippen molar-refractivity contribution in [2.24, 2.45) is 0 Å².